The molecule has 0 radical (unpaired) electrons. The summed E-state index contributed by atoms with van der Waals surface area (Å²) in [5.41, 5.74) is 0.965. The number of ether oxygens (including phenoxy) is 1. The van der Waals surface area contributed by atoms with Gasteiger partial charge in [-0.1, -0.05) is 19.9 Å². The maximum atomic E-state index is 5.54. The Morgan fingerprint density at radius 3 is 2.65 bits per heavy atom. The third-order valence-electron chi connectivity index (χ3n) is 3.13. The van der Waals surface area contributed by atoms with Crippen molar-refractivity contribution in [2.45, 2.75) is 33.2 Å². The van der Waals surface area contributed by atoms with E-state index in [2.05, 4.69) is 39.1 Å². The number of anilines is 2. The first-order chi connectivity index (χ1) is 11.0. The normalized spacial score (nSPS) is 10.7. The zero-order chi connectivity index (χ0) is 16.8. The molecule has 0 atom stereocenters. The predicted octanol–water partition coefficient (Wildman–Crippen LogP) is 2.47. The van der Waals surface area contributed by atoms with Crippen molar-refractivity contribution >= 4 is 11.9 Å². The number of rotatable bonds is 7. The molecule has 0 fully saturated rings. The van der Waals surface area contributed by atoms with E-state index in [0.29, 0.717) is 30.9 Å². The third-order valence-corrected chi connectivity index (χ3v) is 3.13. The third kappa shape index (κ3) is 4.51. The highest BCUT2D eigenvalue weighted by atomic mass is 16.5. The zero-order valence-electron chi connectivity index (χ0n) is 14.4. The molecule has 0 aliphatic rings. The lowest BCUT2D eigenvalue weighted by Crippen LogP contribution is -2.17. The summed E-state index contributed by atoms with van der Waals surface area (Å²) in [4.78, 5) is 19.5. The molecule has 2 heterocycles. The standard InChI is InChI=1S/C16H24N6O/c1-6-23-14-12(8-7-9-17-14)10-18-15-19-13(11(2)3)20-16(21-15)22(4)5/h7-9,11H,6,10H2,1-5H3,(H,18,19,20,21). The maximum Gasteiger partial charge on any atom is 0.229 e. The Morgan fingerprint density at radius 1 is 1.22 bits per heavy atom. The molecule has 0 saturated carbocycles. The van der Waals surface area contributed by atoms with E-state index in [4.69, 9.17) is 4.74 Å². The molecule has 0 spiro atoms. The lowest BCUT2D eigenvalue weighted by Gasteiger charge is -2.15. The van der Waals surface area contributed by atoms with Gasteiger partial charge in [-0.2, -0.15) is 15.0 Å². The second-order valence-electron chi connectivity index (χ2n) is 5.62. The Balaban J connectivity index is 2.20. The summed E-state index contributed by atoms with van der Waals surface area (Å²) in [7, 11) is 3.83. The van der Waals surface area contributed by atoms with Crippen molar-refractivity contribution < 1.29 is 4.74 Å². The minimum atomic E-state index is 0.231. The SMILES string of the molecule is CCOc1ncccc1CNc1nc(C(C)C)nc(N(C)C)n1. The van der Waals surface area contributed by atoms with Crippen LogP contribution in [-0.2, 0) is 6.54 Å². The van der Waals surface area contributed by atoms with Crippen molar-refractivity contribution in [1.29, 1.82) is 0 Å². The molecule has 124 valence electrons. The van der Waals surface area contributed by atoms with Gasteiger partial charge in [-0.05, 0) is 13.0 Å². The molecule has 0 aliphatic carbocycles. The summed E-state index contributed by atoms with van der Waals surface area (Å²) < 4.78 is 5.54. The molecule has 0 amide bonds. The monoisotopic (exact) mass is 316 g/mol. The van der Waals surface area contributed by atoms with E-state index in [-0.39, 0.29) is 5.92 Å². The molecule has 0 aromatic carbocycles. The molecule has 2 aromatic rings. The van der Waals surface area contributed by atoms with E-state index >= 15 is 0 Å². The first-order valence-electron chi connectivity index (χ1n) is 7.75. The fourth-order valence-electron chi connectivity index (χ4n) is 1.92. The van der Waals surface area contributed by atoms with Gasteiger partial charge >= 0.3 is 0 Å². The first-order valence-corrected chi connectivity index (χ1v) is 7.75. The van der Waals surface area contributed by atoms with Crippen LogP contribution in [0.2, 0.25) is 0 Å². The highest BCUT2D eigenvalue weighted by Gasteiger charge is 2.11. The van der Waals surface area contributed by atoms with Gasteiger partial charge < -0.3 is 15.0 Å². The Kier molecular flexibility index (Phi) is 5.67. The van der Waals surface area contributed by atoms with Crippen LogP contribution in [-0.4, -0.2) is 40.6 Å². The van der Waals surface area contributed by atoms with Crippen LogP contribution in [0.4, 0.5) is 11.9 Å². The number of pyridine rings is 1. The number of nitrogens with zero attached hydrogens (tertiary/aromatic N) is 5. The van der Waals surface area contributed by atoms with E-state index in [1.54, 1.807) is 6.20 Å². The van der Waals surface area contributed by atoms with Crippen LogP contribution in [0.25, 0.3) is 0 Å². The lowest BCUT2D eigenvalue weighted by atomic mass is 10.2. The van der Waals surface area contributed by atoms with Crippen LogP contribution < -0.4 is 15.0 Å². The molecule has 23 heavy (non-hydrogen) atoms. The summed E-state index contributed by atoms with van der Waals surface area (Å²) >= 11 is 0. The Labute approximate surface area is 137 Å². The quantitative estimate of drug-likeness (QED) is 0.841. The van der Waals surface area contributed by atoms with Crippen LogP contribution in [0.1, 0.15) is 38.1 Å². The van der Waals surface area contributed by atoms with E-state index < -0.39 is 0 Å². The molecule has 0 bridgehead atoms. The average molecular weight is 316 g/mol. The topological polar surface area (TPSA) is 76.1 Å². The summed E-state index contributed by atoms with van der Waals surface area (Å²) in [5, 5.41) is 3.24. The van der Waals surface area contributed by atoms with Crippen LogP contribution in [0.5, 0.6) is 5.88 Å². The van der Waals surface area contributed by atoms with Crippen molar-refractivity contribution in [2.24, 2.45) is 0 Å². The fraction of sp³-hybridized carbons (Fsp3) is 0.500. The van der Waals surface area contributed by atoms with Gasteiger partial charge in [0, 0.05) is 38.3 Å². The maximum absolute atomic E-state index is 5.54. The van der Waals surface area contributed by atoms with Crippen LogP contribution >= 0.6 is 0 Å². The van der Waals surface area contributed by atoms with Gasteiger partial charge in [0.25, 0.3) is 0 Å². The molecule has 2 rings (SSSR count). The molecule has 2 aromatic heterocycles. The number of hydrogen-bond acceptors (Lipinski definition) is 7. The highest BCUT2D eigenvalue weighted by molar-refractivity contribution is 5.38. The van der Waals surface area contributed by atoms with Crippen molar-refractivity contribution in [3.63, 3.8) is 0 Å². The van der Waals surface area contributed by atoms with Gasteiger partial charge in [-0.3, -0.25) is 0 Å². The summed E-state index contributed by atoms with van der Waals surface area (Å²) in [6.07, 6.45) is 1.72. The van der Waals surface area contributed by atoms with Gasteiger partial charge in [0.15, 0.2) is 0 Å². The van der Waals surface area contributed by atoms with Gasteiger partial charge in [0.2, 0.25) is 17.8 Å². The minimum Gasteiger partial charge on any atom is -0.478 e. The van der Waals surface area contributed by atoms with Gasteiger partial charge in [0.1, 0.15) is 5.82 Å². The molecule has 7 nitrogen and oxygen atoms in total. The van der Waals surface area contributed by atoms with Crippen molar-refractivity contribution in [1.82, 2.24) is 19.9 Å². The van der Waals surface area contributed by atoms with Crippen molar-refractivity contribution in [3.05, 3.63) is 29.7 Å². The molecule has 0 saturated heterocycles. The summed E-state index contributed by atoms with van der Waals surface area (Å²) in [5.74, 6) is 2.83. The second kappa shape index (κ2) is 7.71. The fourth-order valence-corrected chi connectivity index (χ4v) is 1.92. The van der Waals surface area contributed by atoms with Crippen LogP contribution in [0.3, 0.4) is 0 Å². The highest BCUT2D eigenvalue weighted by Crippen LogP contribution is 2.18. The Bertz CT molecular complexity index is 618. The van der Waals surface area contributed by atoms with Crippen LogP contribution in [0.15, 0.2) is 18.3 Å². The Hall–Kier alpha value is -2.44. The number of aromatic nitrogens is 4. The summed E-state index contributed by atoms with van der Waals surface area (Å²) in [6.45, 7) is 7.19. The van der Waals surface area contributed by atoms with Crippen LogP contribution in [0, 0.1) is 0 Å². The minimum absolute atomic E-state index is 0.231. The van der Waals surface area contributed by atoms with E-state index in [0.717, 1.165) is 11.4 Å². The number of nitrogens with one attached hydrogen (secondary N) is 1. The predicted molar refractivity (Wildman–Crippen MR) is 91.0 cm³/mol. The van der Waals surface area contributed by atoms with Crippen molar-refractivity contribution in [2.75, 3.05) is 30.9 Å². The summed E-state index contributed by atoms with van der Waals surface area (Å²) in [6, 6.07) is 3.86. The van der Waals surface area contributed by atoms with Crippen molar-refractivity contribution in [3.8, 4) is 5.88 Å². The second-order valence-corrected chi connectivity index (χ2v) is 5.62. The largest absolute Gasteiger partial charge is 0.478 e. The smallest absolute Gasteiger partial charge is 0.229 e. The van der Waals surface area contributed by atoms with E-state index in [1.807, 2.05) is 38.1 Å². The average Bonchev–Trinajstić information content (AvgIpc) is 2.54. The molecule has 0 unspecified atom stereocenters. The zero-order valence-corrected chi connectivity index (χ0v) is 14.4. The van der Waals surface area contributed by atoms with E-state index in [1.165, 1.54) is 0 Å². The van der Waals surface area contributed by atoms with Gasteiger partial charge in [-0.25, -0.2) is 4.98 Å². The first kappa shape index (κ1) is 16.9. The van der Waals surface area contributed by atoms with E-state index in [9.17, 15) is 0 Å². The lowest BCUT2D eigenvalue weighted by molar-refractivity contribution is 0.323. The number of hydrogen-bond donors (Lipinski definition) is 1. The van der Waals surface area contributed by atoms with Gasteiger partial charge in [-0.15, -0.1) is 0 Å². The molecule has 0 aliphatic heterocycles. The Morgan fingerprint density at radius 2 is 2.00 bits per heavy atom. The van der Waals surface area contributed by atoms with Gasteiger partial charge in [0.05, 0.1) is 6.61 Å². The molecule has 1 N–H and O–H groups in total. The molecule has 7 heteroatoms. The molecular formula is C16H24N6O. The molecular weight excluding hydrogens is 292 g/mol.